The molecule has 0 atom stereocenters. The van der Waals surface area contributed by atoms with Gasteiger partial charge in [0, 0.05) is 0 Å². The molecule has 2 aromatic heterocycles. The highest BCUT2D eigenvalue weighted by Gasteiger charge is 2.22. The van der Waals surface area contributed by atoms with Crippen molar-refractivity contribution in [3.05, 3.63) is 45.2 Å². The number of hydrogen-bond donors (Lipinski definition) is 0. The summed E-state index contributed by atoms with van der Waals surface area (Å²) in [5.41, 5.74) is 0.634. The first-order valence-corrected chi connectivity index (χ1v) is 5.38. The third kappa shape index (κ3) is 2.32. The lowest BCUT2D eigenvalue weighted by atomic mass is 10.3. The van der Waals surface area contributed by atoms with Crippen LogP contribution >= 0.6 is 0 Å². The van der Waals surface area contributed by atoms with Crippen molar-refractivity contribution in [1.29, 1.82) is 0 Å². The zero-order valence-electron chi connectivity index (χ0n) is 10.2. The molecule has 0 amide bonds. The van der Waals surface area contributed by atoms with Gasteiger partial charge in [0.05, 0.1) is 11.5 Å². The average molecular weight is 264 g/mol. The molecule has 0 aliphatic carbocycles. The minimum absolute atomic E-state index is 0.0494. The quantitative estimate of drug-likeness (QED) is 0.583. The van der Waals surface area contributed by atoms with Gasteiger partial charge in [-0.2, -0.15) is 5.10 Å². The number of hydrogen-bond acceptors (Lipinski definition) is 6. The lowest BCUT2D eigenvalue weighted by Gasteiger charge is -2.01. The van der Waals surface area contributed by atoms with Gasteiger partial charge in [0.2, 0.25) is 0 Å². The number of aromatic carboxylic acids is 1. The average Bonchev–Trinajstić information content (AvgIpc) is 2.85. The van der Waals surface area contributed by atoms with Crippen molar-refractivity contribution < 1.29 is 19.2 Å². The van der Waals surface area contributed by atoms with Crippen LogP contribution in [0.5, 0.6) is 0 Å². The molecular weight excluding hydrogens is 254 g/mol. The normalized spacial score (nSPS) is 10.6. The molecule has 0 saturated heterocycles. The maximum atomic E-state index is 10.8. The lowest BCUT2D eigenvalue weighted by Crippen LogP contribution is -2.21. The molecule has 19 heavy (non-hydrogen) atoms. The van der Waals surface area contributed by atoms with Gasteiger partial charge >= 0.3 is 5.69 Å². The molecule has 2 rings (SSSR count). The van der Waals surface area contributed by atoms with Gasteiger partial charge in [-0.1, -0.05) is 0 Å². The number of carbonyl (C=O) groups excluding carboxylic acids is 1. The number of carbonyl (C=O) groups is 1. The second kappa shape index (κ2) is 4.56. The van der Waals surface area contributed by atoms with Gasteiger partial charge in [0.15, 0.2) is 0 Å². The van der Waals surface area contributed by atoms with E-state index in [9.17, 15) is 20.0 Å². The number of nitrogens with zero attached hydrogens (tertiary/aromatic N) is 3. The second-order valence-electron chi connectivity index (χ2n) is 3.99. The fraction of sp³-hybridized carbons (Fsp3) is 0.273. The molecule has 0 N–H and O–H groups in total. The Morgan fingerprint density at radius 3 is 2.63 bits per heavy atom. The van der Waals surface area contributed by atoms with Crippen LogP contribution in [0, 0.1) is 24.0 Å². The van der Waals surface area contributed by atoms with Crippen molar-refractivity contribution in [3.63, 3.8) is 0 Å². The van der Waals surface area contributed by atoms with E-state index in [1.807, 2.05) is 0 Å². The molecule has 0 saturated carbocycles. The molecule has 0 aromatic carbocycles. The Morgan fingerprint density at radius 2 is 2.16 bits per heavy atom. The minimum Gasteiger partial charge on any atom is -0.542 e. The largest absolute Gasteiger partial charge is 0.542 e. The molecule has 0 aliphatic heterocycles. The summed E-state index contributed by atoms with van der Waals surface area (Å²) in [6, 6.07) is 2.73. The highest BCUT2D eigenvalue weighted by molar-refractivity contribution is 5.82. The Morgan fingerprint density at radius 1 is 1.47 bits per heavy atom. The Bertz CT molecular complexity index is 655. The zero-order chi connectivity index (χ0) is 14.2. The number of furan rings is 1. The van der Waals surface area contributed by atoms with E-state index in [4.69, 9.17) is 4.42 Å². The Balaban J connectivity index is 2.31. The highest BCUT2D eigenvalue weighted by atomic mass is 16.6. The Hall–Kier alpha value is -2.64. The summed E-state index contributed by atoms with van der Waals surface area (Å²) in [6.07, 6.45) is 0. The first kappa shape index (κ1) is 12.8. The summed E-state index contributed by atoms with van der Waals surface area (Å²) in [5.74, 6) is -1.36. The van der Waals surface area contributed by atoms with Gasteiger partial charge in [-0.05, 0) is 26.0 Å². The third-order valence-electron chi connectivity index (χ3n) is 2.69. The molecular formula is C11H10N3O5-. The van der Waals surface area contributed by atoms with Crippen LogP contribution in [-0.2, 0) is 6.54 Å². The fourth-order valence-corrected chi connectivity index (χ4v) is 1.83. The summed E-state index contributed by atoms with van der Waals surface area (Å²) in [5, 5.41) is 25.4. The molecule has 2 heterocycles. The van der Waals surface area contributed by atoms with Gasteiger partial charge < -0.3 is 14.3 Å². The van der Waals surface area contributed by atoms with Crippen molar-refractivity contribution in [2.45, 2.75) is 20.4 Å². The predicted octanol–water partition coefficient (Wildman–Crippen LogP) is 0.413. The number of aryl methyl sites for hydroxylation is 1. The van der Waals surface area contributed by atoms with E-state index in [0.717, 1.165) is 0 Å². The van der Waals surface area contributed by atoms with Crippen molar-refractivity contribution >= 4 is 11.7 Å². The van der Waals surface area contributed by atoms with Crippen LogP contribution in [0.25, 0.3) is 0 Å². The Kier molecular flexibility index (Phi) is 3.07. The predicted molar refractivity (Wildman–Crippen MR) is 60.5 cm³/mol. The van der Waals surface area contributed by atoms with Crippen LogP contribution in [0.4, 0.5) is 5.69 Å². The number of aromatic nitrogens is 2. The maximum absolute atomic E-state index is 10.8. The molecule has 0 fully saturated rings. The van der Waals surface area contributed by atoms with E-state index in [0.29, 0.717) is 17.1 Å². The highest BCUT2D eigenvalue weighted by Crippen LogP contribution is 2.22. The molecule has 0 aliphatic rings. The molecule has 0 unspecified atom stereocenters. The van der Waals surface area contributed by atoms with Crippen LogP contribution in [0.3, 0.4) is 0 Å². The van der Waals surface area contributed by atoms with Crippen molar-refractivity contribution in [3.8, 4) is 0 Å². The maximum Gasteiger partial charge on any atom is 0.312 e. The van der Waals surface area contributed by atoms with Gasteiger partial charge in [-0.15, -0.1) is 0 Å². The minimum atomic E-state index is -1.41. The van der Waals surface area contributed by atoms with Gasteiger partial charge in [0.25, 0.3) is 0 Å². The van der Waals surface area contributed by atoms with Gasteiger partial charge in [-0.25, -0.2) is 0 Å². The molecule has 0 radical (unpaired) electrons. The number of rotatable bonds is 4. The van der Waals surface area contributed by atoms with E-state index in [1.165, 1.54) is 23.7 Å². The van der Waals surface area contributed by atoms with Crippen LogP contribution in [0.2, 0.25) is 0 Å². The molecule has 8 heteroatoms. The summed E-state index contributed by atoms with van der Waals surface area (Å²) in [7, 11) is 0. The van der Waals surface area contributed by atoms with Crippen molar-refractivity contribution in [2.24, 2.45) is 0 Å². The standard InChI is InChI=1S/C11H11N3O5/c1-6-10(14(17)18)7(2)13(12-6)5-8-3-4-9(19-8)11(15)16/h3-4H,5H2,1-2H3,(H,15,16)/p-1. The van der Waals surface area contributed by atoms with E-state index in [-0.39, 0.29) is 18.0 Å². The van der Waals surface area contributed by atoms with Crippen LogP contribution in [0.1, 0.15) is 27.7 Å². The van der Waals surface area contributed by atoms with E-state index < -0.39 is 10.9 Å². The van der Waals surface area contributed by atoms with Crippen LogP contribution < -0.4 is 5.11 Å². The number of nitro groups is 1. The van der Waals surface area contributed by atoms with Crippen LogP contribution in [-0.4, -0.2) is 20.7 Å². The fourth-order valence-electron chi connectivity index (χ4n) is 1.83. The van der Waals surface area contributed by atoms with E-state index in [2.05, 4.69) is 5.10 Å². The first-order chi connectivity index (χ1) is 8.90. The summed E-state index contributed by atoms with van der Waals surface area (Å²) in [4.78, 5) is 20.9. The third-order valence-corrected chi connectivity index (χ3v) is 2.69. The molecule has 0 bridgehead atoms. The second-order valence-corrected chi connectivity index (χ2v) is 3.99. The number of carboxylic acids is 1. The SMILES string of the molecule is Cc1nn(Cc2ccc(C(=O)[O-])o2)c(C)c1[N+](=O)[O-]. The lowest BCUT2D eigenvalue weighted by molar-refractivity contribution is -0.386. The summed E-state index contributed by atoms with van der Waals surface area (Å²) < 4.78 is 6.42. The van der Waals surface area contributed by atoms with Crippen LogP contribution in [0.15, 0.2) is 16.5 Å². The van der Waals surface area contributed by atoms with Gasteiger partial charge in [0.1, 0.15) is 28.9 Å². The molecule has 2 aromatic rings. The first-order valence-electron chi connectivity index (χ1n) is 5.38. The monoisotopic (exact) mass is 264 g/mol. The summed E-state index contributed by atoms with van der Waals surface area (Å²) in [6.45, 7) is 3.23. The number of carboxylic acid groups (broad SMARTS) is 1. The molecule has 100 valence electrons. The summed E-state index contributed by atoms with van der Waals surface area (Å²) >= 11 is 0. The molecule has 0 spiro atoms. The van der Waals surface area contributed by atoms with Crippen molar-refractivity contribution in [1.82, 2.24) is 9.78 Å². The zero-order valence-corrected chi connectivity index (χ0v) is 10.2. The molecule has 8 nitrogen and oxygen atoms in total. The Labute approximate surface area is 107 Å². The van der Waals surface area contributed by atoms with E-state index in [1.54, 1.807) is 6.92 Å². The van der Waals surface area contributed by atoms with Gasteiger partial charge in [-0.3, -0.25) is 14.8 Å². The van der Waals surface area contributed by atoms with Crippen molar-refractivity contribution in [2.75, 3.05) is 0 Å². The smallest absolute Gasteiger partial charge is 0.312 e. The van der Waals surface area contributed by atoms with E-state index >= 15 is 0 Å². The topological polar surface area (TPSA) is 114 Å².